The van der Waals surface area contributed by atoms with Gasteiger partial charge in [0.2, 0.25) is 12.7 Å². The first-order chi connectivity index (χ1) is 9.37. The molecule has 0 aliphatic carbocycles. The van der Waals surface area contributed by atoms with Gasteiger partial charge < -0.3 is 4.57 Å². The zero-order chi connectivity index (χ0) is 14.8. The van der Waals surface area contributed by atoms with Crippen molar-refractivity contribution in [2.45, 2.75) is 20.8 Å². The minimum Gasteiger partial charge on any atom is -0.306 e. The molecule has 0 saturated carbocycles. The van der Waals surface area contributed by atoms with Gasteiger partial charge in [-0.1, -0.05) is 81.4 Å². The second-order valence-electron chi connectivity index (χ2n) is 5.84. The largest absolute Gasteiger partial charge is 0.306 e. The van der Waals surface area contributed by atoms with Crippen molar-refractivity contribution in [3.05, 3.63) is 60.7 Å². The fourth-order valence-electron chi connectivity index (χ4n) is 2.13. The van der Waals surface area contributed by atoms with Gasteiger partial charge >= 0.3 is 0 Å². The standard InChI is InChI=1S/C17H19O2P/c1-17(2,3)16(18)20(19,14-10-6-4-7-11-14)15-12-8-5-9-13-15/h4-13H,1-3H3. The van der Waals surface area contributed by atoms with E-state index in [1.54, 1.807) is 24.3 Å². The van der Waals surface area contributed by atoms with Crippen molar-refractivity contribution in [1.82, 2.24) is 0 Å². The maximum Gasteiger partial charge on any atom is 0.205 e. The van der Waals surface area contributed by atoms with Gasteiger partial charge in [-0.15, -0.1) is 0 Å². The molecular formula is C17H19O2P. The Morgan fingerprint density at radius 2 is 1.15 bits per heavy atom. The number of hydrogen-bond donors (Lipinski definition) is 0. The van der Waals surface area contributed by atoms with Crippen LogP contribution in [0.15, 0.2) is 60.7 Å². The monoisotopic (exact) mass is 286 g/mol. The van der Waals surface area contributed by atoms with Gasteiger partial charge in [0.15, 0.2) is 0 Å². The van der Waals surface area contributed by atoms with Crippen LogP contribution in [0.5, 0.6) is 0 Å². The van der Waals surface area contributed by atoms with Crippen molar-refractivity contribution in [2.75, 3.05) is 0 Å². The van der Waals surface area contributed by atoms with Crippen LogP contribution in [0.2, 0.25) is 0 Å². The maximum atomic E-state index is 13.6. The molecule has 3 heteroatoms. The highest BCUT2D eigenvalue weighted by atomic mass is 31.2. The summed E-state index contributed by atoms with van der Waals surface area (Å²) < 4.78 is 13.6. The smallest absolute Gasteiger partial charge is 0.205 e. The molecule has 0 aliphatic heterocycles. The average molecular weight is 286 g/mol. The molecule has 0 heterocycles. The first-order valence-corrected chi connectivity index (χ1v) is 8.34. The fourth-order valence-corrected chi connectivity index (χ4v) is 5.03. The van der Waals surface area contributed by atoms with E-state index in [0.717, 1.165) is 0 Å². The lowest BCUT2D eigenvalue weighted by Crippen LogP contribution is -2.30. The molecule has 0 amide bonds. The summed E-state index contributed by atoms with van der Waals surface area (Å²) in [6.07, 6.45) is 0. The number of benzene rings is 2. The second-order valence-corrected chi connectivity index (χ2v) is 8.49. The van der Waals surface area contributed by atoms with E-state index in [9.17, 15) is 9.36 Å². The summed E-state index contributed by atoms with van der Waals surface area (Å²) in [7, 11) is -3.28. The van der Waals surface area contributed by atoms with Crippen LogP contribution in [0, 0.1) is 5.41 Å². The molecule has 0 unspecified atom stereocenters. The van der Waals surface area contributed by atoms with E-state index >= 15 is 0 Å². The van der Waals surface area contributed by atoms with Crippen molar-refractivity contribution < 1.29 is 9.36 Å². The third-order valence-corrected chi connectivity index (χ3v) is 6.46. The topological polar surface area (TPSA) is 34.1 Å². The SMILES string of the molecule is CC(C)(C)C(=O)P(=O)(c1ccccc1)c1ccccc1. The van der Waals surface area contributed by atoms with Gasteiger partial charge in [0.1, 0.15) is 0 Å². The highest BCUT2D eigenvalue weighted by Gasteiger charge is 2.41. The Morgan fingerprint density at radius 1 is 0.800 bits per heavy atom. The summed E-state index contributed by atoms with van der Waals surface area (Å²) in [5.74, 6) is 0. The lowest BCUT2D eigenvalue weighted by molar-refractivity contribution is -0.118. The molecule has 0 radical (unpaired) electrons. The molecule has 0 saturated heterocycles. The molecular weight excluding hydrogens is 267 g/mol. The normalized spacial score (nSPS) is 12.2. The highest BCUT2D eigenvalue weighted by molar-refractivity contribution is 7.93. The van der Waals surface area contributed by atoms with E-state index in [1.807, 2.05) is 57.2 Å². The van der Waals surface area contributed by atoms with E-state index in [1.165, 1.54) is 0 Å². The second kappa shape index (κ2) is 5.38. The summed E-state index contributed by atoms with van der Waals surface area (Å²) in [6, 6.07) is 18.1. The molecule has 0 aromatic heterocycles. The van der Waals surface area contributed by atoms with Gasteiger partial charge in [0.25, 0.3) is 0 Å². The lowest BCUT2D eigenvalue weighted by Gasteiger charge is -2.25. The summed E-state index contributed by atoms with van der Waals surface area (Å²) in [4.78, 5) is 12.8. The van der Waals surface area contributed by atoms with Crippen LogP contribution in [0.1, 0.15) is 20.8 Å². The first kappa shape index (κ1) is 14.7. The van der Waals surface area contributed by atoms with Crippen molar-refractivity contribution in [1.29, 1.82) is 0 Å². The van der Waals surface area contributed by atoms with Crippen LogP contribution in [0.25, 0.3) is 0 Å². The molecule has 0 bridgehead atoms. The van der Waals surface area contributed by atoms with Crippen molar-refractivity contribution in [2.24, 2.45) is 5.41 Å². The van der Waals surface area contributed by atoms with Crippen molar-refractivity contribution in [3.8, 4) is 0 Å². The van der Waals surface area contributed by atoms with Crippen molar-refractivity contribution in [3.63, 3.8) is 0 Å². The molecule has 0 N–H and O–H groups in total. The zero-order valence-electron chi connectivity index (χ0n) is 12.0. The third-order valence-electron chi connectivity index (χ3n) is 3.17. The average Bonchev–Trinajstić information content (AvgIpc) is 2.46. The molecule has 0 atom stereocenters. The Labute approximate surface area is 120 Å². The Balaban J connectivity index is 2.69. The van der Waals surface area contributed by atoms with Gasteiger partial charge in [0, 0.05) is 16.0 Å². The highest BCUT2D eigenvalue weighted by Crippen LogP contribution is 2.49. The van der Waals surface area contributed by atoms with E-state index < -0.39 is 12.6 Å². The number of rotatable bonds is 3. The summed E-state index contributed by atoms with van der Waals surface area (Å²) in [5.41, 5.74) is -0.858. The molecule has 0 spiro atoms. The summed E-state index contributed by atoms with van der Waals surface area (Å²) >= 11 is 0. The van der Waals surface area contributed by atoms with E-state index in [2.05, 4.69) is 0 Å². The predicted octanol–water partition coefficient (Wildman–Crippen LogP) is 3.57. The van der Waals surface area contributed by atoms with Gasteiger partial charge in [-0.05, 0) is 0 Å². The molecule has 2 aromatic carbocycles. The molecule has 2 aromatic rings. The van der Waals surface area contributed by atoms with Crippen LogP contribution in [0.3, 0.4) is 0 Å². The minimum atomic E-state index is -3.28. The molecule has 104 valence electrons. The number of carbonyl (C=O) groups is 1. The Hall–Kier alpha value is -1.66. The van der Waals surface area contributed by atoms with E-state index in [4.69, 9.17) is 0 Å². The van der Waals surface area contributed by atoms with Crippen LogP contribution >= 0.6 is 7.14 Å². The number of hydrogen-bond acceptors (Lipinski definition) is 2. The van der Waals surface area contributed by atoms with E-state index in [0.29, 0.717) is 10.6 Å². The van der Waals surface area contributed by atoms with Crippen LogP contribution in [-0.2, 0) is 9.36 Å². The predicted molar refractivity (Wildman–Crippen MR) is 84.2 cm³/mol. The van der Waals surface area contributed by atoms with Gasteiger partial charge in [-0.2, -0.15) is 0 Å². The molecule has 2 rings (SSSR count). The third kappa shape index (κ3) is 2.62. The van der Waals surface area contributed by atoms with Crippen molar-refractivity contribution >= 4 is 23.3 Å². The lowest BCUT2D eigenvalue weighted by atomic mass is 9.99. The van der Waals surface area contributed by atoms with E-state index in [-0.39, 0.29) is 5.52 Å². The zero-order valence-corrected chi connectivity index (χ0v) is 12.9. The first-order valence-electron chi connectivity index (χ1n) is 6.63. The Morgan fingerprint density at radius 3 is 1.45 bits per heavy atom. The Bertz CT molecular complexity index is 596. The maximum absolute atomic E-state index is 13.6. The fraction of sp³-hybridized carbons (Fsp3) is 0.235. The Kier molecular flexibility index (Phi) is 3.96. The van der Waals surface area contributed by atoms with Crippen LogP contribution < -0.4 is 10.6 Å². The quantitative estimate of drug-likeness (QED) is 0.808. The molecule has 2 nitrogen and oxygen atoms in total. The summed E-state index contributed by atoms with van der Waals surface area (Å²) in [5, 5.41) is 1.21. The van der Waals surface area contributed by atoms with Gasteiger partial charge in [-0.3, -0.25) is 4.79 Å². The van der Waals surface area contributed by atoms with Crippen LogP contribution in [0.4, 0.5) is 0 Å². The minimum absolute atomic E-state index is 0.206. The molecule has 0 aliphatic rings. The van der Waals surface area contributed by atoms with Gasteiger partial charge in [-0.25, -0.2) is 0 Å². The number of carbonyl (C=O) groups excluding carboxylic acids is 1. The molecule has 0 fully saturated rings. The van der Waals surface area contributed by atoms with Crippen LogP contribution in [-0.4, -0.2) is 5.52 Å². The molecule has 20 heavy (non-hydrogen) atoms. The van der Waals surface area contributed by atoms with Gasteiger partial charge in [0.05, 0.1) is 0 Å². The summed E-state index contributed by atoms with van der Waals surface area (Å²) in [6.45, 7) is 5.44.